The van der Waals surface area contributed by atoms with Crippen molar-refractivity contribution in [3.05, 3.63) is 47.0 Å². The summed E-state index contributed by atoms with van der Waals surface area (Å²) < 4.78 is 0. The Morgan fingerprint density at radius 3 is 2.50 bits per heavy atom. The maximum atomic E-state index is 11.8. The average molecular weight is 262 g/mol. The lowest BCUT2D eigenvalue weighted by atomic mass is 10.0. The Hall–Kier alpha value is -1.87. The van der Waals surface area contributed by atoms with Gasteiger partial charge in [0.05, 0.1) is 0 Å². The molecule has 0 radical (unpaired) electrons. The molecule has 2 aromatic carbocycles. The third-order valence-corrected chi connectivity index (χ3v) is 2.84. The molecule has 0 aliphatic heterocycles. The lowest BCUT2D eigenvalue weighted by Crippen LogP contribution is -2.30. The van der Waals surface area contributed by atoms with Gasteiger partial charge in [-0.2, -0.15) is 0 Å². The number of benzene rings is 2. The number of Topliss-reactive ketones (excluding diaryl/α,β-unsaturated/α-hetero) is 1. The summed E-state index contributed by atoms with van der Waals surface area (Å²) >= 11 is 5.88. The van der Waals surface area contributed by atoms with Gasteiger partial charge < -0.3 is 5.32 Å². The van der Waals surface area contributed by atoms with Gasteiger partial charge in [-0.05, 0) is 35.9 Å². The summed E-state index contributed by atoms with van der Waals surface area (Å²) in [5.41, 5.74) is 0.385. The topological polar surface area (TPSA) is 46.2 Å². The molecule has 0 atom stereocenters. The number of fused-ring (bicyclic) bond motifs is 1. The largest absolute Gasteiger partial charge is 0.349 e. The van der Waals surface area contributed by atoms with Crippen molar-refractivity contribution >= 4 is 34.1 Å². The maximum absolute atomic E-state index is 11.8. The predicted molar refractivity (Wildman–Crippen MR) is 72.0 cm³/mol. The van der Waals surface area contributed by atoms with Crippen LogP contribution >= 0.6 is 11.6 Å². The third kappa shape index (κ3) is 2.51. The van der Waals surface area contributed by atoms with Crippen molar-refractivity contribution < 1.29 is 9.59 Å². The van der Waals surface area contributed by atoms with Crippen molar-refractivity contribution in [3.63, 3.8) is 0 Å². The fraction of sp³-hybridized carbons (Fsp3) is 0.143. The van der Waals surface area contributed by atoms with Gasteiger partial charge in [-0.15, -0.1) is 0 Å². The van der Waals surface area contributed by atoms with Gasteiger partial charge in [-0.3, -0.25) is 9.59 Å². The highest BCUT2D eigenvalue weighted by molar-refractivity contribution is 6.43. The molecule has 0 aromatic heterocycles. The molecule has 0 bridgehead atoms. The number of hydrogen-bond acceptors (Lipinski definition) is 2. The van der Waals surface area contributed by atoms with E-state index in [1.165, 1.54) is 0 Å². The normalized spacial score (nSPS) is 10.3. The van der Waals surface area contributed by atoms with Crippen LogP contribution in [0, 0.1) is 0 Å². The van der Waals surface area contributed by atoms with Crippen LogP contribution in [0.1, 0.15) is 17.3 Å². The Balaban J connectivity index is 2.38. The fourth-order valence-corrected chi connectivity index (χ4v) is 1.91. The van der Waals surface area contributed by atoms with Crippen LogP contribution in [0.15, 0.2) is 36.4 Å². The number of carbonyl (C=O) groups is 2. The average Bonchev–Trinajstić information content (AvgIpc) is 2.37. The van der Waals surface area contributed by atoms with Gasteiger partial charge >= 0.3 is 0 Å². The van der Waals surface area contributed by atoms with Gasteiger partial charge in [0.2, 0.25) is 5.78 Å². The molecular weight excluding hydrogens is 250 g/mol. The molecule has 0 saturated heterocycles. The Morgan fingerprint density at radius 1 is 1.11 bits per heavy atom. The molecule has 2 rings (SSSR count). The third-order valence-electron chi connectivity index (χ3n) is 2.61. The Bertz CT molecular complexity index is 622. The van der Waals surface area contributed by atoms with Crippen molar-refractivity contribution in [2.45, 2.75) is 6.92 Å². The summed E-state index contributed by atoms with van der Waals surface area (Å²) in [4.78, 5) is 23.3. The molecule has 1 amide bonds. The number of amides is 1. The predicted octanol–water partition coefficient (Wildman–Crippen LogP) is 2.81. The van der Waals surface area contributed by atoms with Gasteiger partial charge in [0.15, 0.2) is 0 Å². The summed E-state index contributed by atoms with van der Waals surface area (Å²) in [7, 11) is 0. The first kappa shape index (κ1) is 12.6. The van der Waals surface area contributed by atoms with Crippen LogP contribution in [0.4, 0.5) is 0 Å². The highest BCUT2D eigenvalue weighted by atomic mass is 35.5. The van der Waals surface area contributed by atoms with Gasteiger partial charge in [-0.25, -0.2) is 0 Å². The molecule has 0 unspecified atom stereocenters. The molecular formula is C14H12ClNO2. The van der Waals surface area contributed by atoms with Gasteiger partial charge in [-0.1, -0.05) is 29.8 Å². The van der Waals surface area contributed by atoms with Crippen LogP contribution < -0.4 is 5.32 Å². The molecule has 3 nitrogen and oxygen atoms in total. The van der Waals surface area contributed by atoms with Crippen molar-refractivity contribution in [1.29, 1.82) is 0 Å². The van der Waals surface area contributed by atoms with E-state index in [2.05, 4.69) is 5.32 Å². The van der Waals surface area contributed by atoms with Crippen LogP contribution in [0.25, 0.3) is 10.8 Å². The second-order valence-corrected chi connectivity index (χ2v) is 4.33. The van der Waals surface area contributed by atoms with Gasteiger partial charge in [0.25, 0.3) is 5.91 Å². The second kappa shape index (κ2) is 5.19. The monoisotopic (exact) mass is 261 g/mol. The van der Waals surface area contributed by atoms with E-state index in [1.54, 1.807) is 31.2 Å². The molecule has 18 heavy (non-hydrogen) atoms. The molecule has 0 heterocycles. The summed E-state index contributed by atoms with van der Waals surface area (Å²) in [6.45, 7) is 2.21. The van der Waals surface area contributed by atoms with Crippen LogP contribution in [-0.2, 0) is 4.79 Å². The number of nitrogens with one attached hydrogen (secondary N) is 1. The standard InChI is InChI=1S/C14H12ClNO2/c1-2-16-14(18)13(17)11-4-3-10-8-12(15)6-5-9(10)7-11/h3-8H,2H2,1H3,(H,16,18). The van der Waals surface area contributed by atoms with E-state index in [-0.39, 0.29) is 0 Å². The van der Waals surface area contributed by atoms with E-state index in [0.29, 0.717) is 17.1 Å². The molecule has 1 N–H and O–H groups in total. The zero-order valence-corrected chi connectivity index (χ0v) is 10.6. The number of rotatable bonds is 3. The van der Waals surface area contributed by atoms with E-state index < -0.39 is 11.7 Å². The zero-order valence-electron chi connectivity index (χ0n) is 9.87. The summed E-state index contributed by atoms with van der Waals surface area (Å²) in [6, 6.07) is 10.5. The van der Waals surface area contributed by atoms with E-state index in [4.69, 9.17) is 11.6 Å². The van der Waals surface area contributed by atoms with E-state index in [1.807, 2.05) is 12.1 Å². The Labute approximate surface area is 110 Å². The number of halogens is 1. The van der Waals surface area contributed by atoms with Crippen LogP contribution in [-0.4, -0.2) is 18.2 Å². The van der Waals surface area contributed by atoms with Gasteiger partial charge in [0, 0.05) is 17.1 Å². The molecule has 0 aliphatic carbocycles. The highest BCUT2D eigenvalue weighted by Crippen LogP contribution is 2.20. The van der Waals surface area contributed by atoms with Crippen LogP contribution in [0.2, 0.25) is 5.02 Å². The van der Waals surface area contributed by atoms with Crippen molar-refractivity contribution in [2.75, 3.05) is 6.54 Å². The first-order chi connectivity index (χ1) is 8.61. The number of likely N-dealkylation sites (N-methyl/N-ethyl adjacent to an activating group) is 1. The number of ketones is 1. The van der Waals surface area contributed by atoms with Crippen LogP contribution in [0.3, 0.4) is 0 Å². The second-order valence-electron chi connectivity index (χ2n) is 3.89. The number of carbonyl (C=O) groups excluding carboxylic acids is 2. The minimum absolute atomic E-state index is 0.385. The highest BCUT2D eigenvalue weighted by Gasteiger charge is 2.15. The summed E-state index contributed by atoms with van der Waals surface area (Å²) in [6.07, 6.45) is 0. The zero-order chi connectivity index (χ0) is 13.1. The smallest absolute Gasteiger partial charge is 0.292 e. The molecule has 0 saturated carbocycles. The SMILES string of the molecule is CCNC(=O)C(=O)c1ccc2cc(Cl)ccc2c1. The van der Waals surface area contributed by atoms with E-state index in [9.17, 15) is 9.59 Å². The molecule has 92 valence electrons. The lowest BCUT2D eigenvalue weighted by molar-refractivity contribution is -0.116. The molecule has 4 heteroatoms. The Kier molecular flexibility index (Phi) is 3.63. The van der Waals surface area contributed by atoms with E-state index in [0.717, 1.165) is 10.8 Å². The quantitative estimate of drug-likeness (QED) is 0.682. The molecule has 0 spiro atoms. The summed E-state index contributed by atoms with van der Waals surface area (Å²) in [5.74, 6) is -1.10. The number of hydrogen-bond donors (Lipinski definition) is 1. The summed E-state index contributed by atoms with van der Waals surface area (Å²) in [5, 5.41) is 4.96. The maximum Gasteiger partial charge on any atom is 0.292 e. The van der Waals surface area contributed by atoms with E-state index >= 15 is 0 Å². The van der Waals surface area contributed by atoms with Crippen molar-refractivity contribution in [3.8, 4) is 0 Å². The minimum Gasteiger partial charge on any atom is -0.349 e. The Morgan fingerprint density at radius 2 is 1.78 bits per heavy atom. The lowest BCUT2D eigenvalue weighted by Gasteiger charge is -2.04. The van der Waals surface area contributed by atoms with Gasteiger partial charge in [0.1, 0.15) is 0 Å². The fourth-order valence-electron chi connectivity index (χ4n) is 1.73. The first-order valence-corrected chi connectivity index (χ1v) is 6.01. The van der Waals surface area contributed by atoms with Crippen LogP contribution in [0.5, 0.6) is 0 Å². The minimum atomic E-state index is -0.578. The molecule has 2 aromatic rings. The molecule has 0 aliphatic rings. The van der Waals surface area contributed by atoms with Crippen molar-refractivity contribution in [2.24, 2.45) is 0 Å². The van der Waals surface area contributed by atoms with Crippen molar-refractivity contribution in [1.82, 2.24) is 5.32 Å². The first-order valence-electron chi connectivity index (χ1n) is 5.63. The molecule has 0 fully saturated rings.